The first kappa shape index (κ1) is 18.5. The number of rotatable bonds is 5. The van der Waals surface area contributed by atoms with Gasteiger partial charge in [-0.2, -0.15) is 0 Å². The van der Waals surface area contributed by atoms with E-state index in [9.17, 15) is 0 Å². The number of piperazine rings is 1. The van der Waals surface area contributed by atoms with Crippen LogP contribution in [0.25, 0.3) is 0 Å². The van der Waals surface area contributed by atoms with Crippen LogP contribution in [0.3, 0.4) is 0 Å². The third-order valence-electron chi connectivity index (χ3n) is 6.51. The molecule has 2 fully saturated rings. The minimum Gasteiger partial charge on any atom is -0.369 e. The number of piperidine rings is 1. The molecule has 2 saturated heterocycles. The summed E-state index contributed by atoms with van der Waals surface area (Å²) in [5, 5.41) is 0. The molecule has 0 aromatic heterocycles. The summed E-state index contributed by atoms with van der Waals surface area (Å²) in [6.07, 6.45) is 4.01. The Labute approximate surface area is 164 Å². The molecule has 0 bridgehead atoms. The highest BCUT2D eigenvalue weighted by molar-refractivity contribution is 5.46. The van der Waals surface area contributed by atoms with E-state index in [-0.39, 0.29) is 0 Å². The van der Waals surface area contributed by atoms with E-state index in [0.717, 1.165) is 19.0 Å². The highest BCUT2D eigenvalue weighted by atomic mass is 15.3. The number of hydrogen-bond acceptors (Lipinski definition) is 3. The van der Waals surface area contributed by atoms with Gasteiger partial charge in [-0.15, -0.1) is 0 Å². The lowest BCUT2D eigenvalue weighted by molar-refractivity contribution is 0.126. The van der Waals surface area contributed by atoms with Crippen molar-refractivity contribution in [2.45, 2.75) is 25.3 Å². The monoisotopic (exact) mass is 363 g/mol. The summed E-state index contributed by atoms with van der Waals surface area (Å²) in [4.78, 5) is 7.75. The van der Waals surface area contributed by atoms with Crippen LogP contribution in [-0.2, 0) is 0 Å². The number of nitrogens with zero attached hydrogens (tertiary/aromatic N) is 3. The van der Waals surface area contributed by atoms with Gasteiger partial charge in [0.15, 0.2) is 0 Å². The van der Waals surface area contributed by atoms with Crippen molar-refractivity contribution in [3.05, 3.63) is 66.2 Å². The molecule has 0 radical (unpaired) electrons. The average molecular weight is 364 g/mol. The normalized spacial score (nSPS) is 24.9. The zero-order valence-electron chi connectivity index (χ0n) is 16.6. The predicted molar refractivity (Wildman–Crippen MR) is 114 cm³/mol. The van der Waals surface area contributed by atoms with E-state index in [4.69, 9.17) is 0 Å². The molecule has 2 atom stereocenters. The highest BCUT2D eigenvalue weighted by Gasteiger charge is 2.27. The summed E-state index contributed by atoms with van der Waals surface area (Å²) in [6, 6.07) is 22.5. The molecule has 3 nitrogen and oxygen atoms in total. The van der Waals surface area contributed by atoms with E-state index >= 15 is 0 Å². The zero-order valence-corrected chi connectivity index (χ0v) is 16.6. The van der Waals surface area contributed by atoms with Crippen molar-refractivity contribution in [1.29, 1.82) is 0 Å². The molecule has 2 aromatic rings. The molecule has 2 aliphatic heterocycles. The molecule has 3 heteroatoms. The van der Waals surface area contributed by atoms with Gasteiger partial charge in [-0.3, -0.25) is 9.80 Å². The van der Waals surface area contributed by atoms with E-state index in [1.54, 1.807) is 0 Å². The van der Waals surface area contributed by atoms with Crippen molar-refractivity contribution in [2.75, 3.05) is 51.2 Å². The number of para-hydroxylation sites is 1. The average Bonchev–Trinajstić information content (AvgIpc) is 2.75. The number of likely N-dealkylation sites (tertiary alicyclic amines) is 1. The van der Waals surface area contributed by atoms with Gasteiger partial charge in [-0.25, -0.2) is 0 Å². The van der Waals surface area contributed by atoms with Crippen molar-refractivity contribution in [3.63, 3.8) is 0 Å². The maximum Gasteiger partial charge on any atom is 0.0367 e. The van der Waals surface area contributed by atoms with Crippen LogP contribution in [0.2, 0.25) is 0 Å². The SMILES string of the molecule is CN1CCC(CCN2CCN(c3ccccc3)CC2)CC1c1ccccc1. The van der Waals surface area contributed by atoms with E-state index < -0.39 is 0 Å². The van der Waals surface area contributed by atoms with Crippen LogP contribution in [0.5, 0.6) is 0 Å². The first-order valence-electron chi connectivity index (χ1n) is 10.6. The molecular formula is C24H33N3. The van der Waals surface area contributed by atoms with Crippen molar-refractivity contribution in [3.8, 4) is 0 Å². The van der Waals surface area contributed by atoms with Gasteiger partial charge in [-0.1, -0.05) is 48.5 Å². The first-order chi connectivity index (χ1) is 13.3. The van der Waals surface area contributed by atoms with Crippen LogP contribution in [0.15, 0.2) is 60.7 Å². The molecule has 2 aromatic carbocycles. The summed E-state index contributed by atoms with van der Waals surface area (Å²) in [6.45, 7) is 7.20. The van der Waals surface area contributed by atoms with Crippen molar-refractivity contribution in [2.24, 2.45) is 5.92 Å². The predicted octanol–water partition coefficient (Wildman–Crippen LogP) is 4.28. The molecule has 0 aliphatic carbocycles. The quantitative estimate of drug-likeness (QED) is 0.785. The Morgan fingerprint density at radius 1 is 0.815 bits per heavy atom. The van der Waals surface area contributed by atoms with Gasteiger partial charge in [0, 0.05) is 37.9 Å². The van der Waals surface area contributed by atoms with Crippen molar-refractivity contribution < 1.29 is 0 Å². The fraction of sp³-hybridized carbons (Fsp3) is 0.500. The number of anilines is 1. The largest absolute Gasteiger partial charge is 0.369 e. The van der Waals surface area contributed by atoms with Crippen LogP contribution in [0, 0.1) is 5.92 Å². The Bertz CT molecular complexity index is 679. The topological polar surface area (TPSA) is 9.72 Å². The molecule has 2 aliphatic rings. The first-order valence-corrected chi connectivity index (χ1v) is 10.6. The second-order valence-corrected chi connectivity index (χ2v) is 8.25. The maximum atomic E-state index is 2.68. The minimum absolute atomic E-state index is 0.597. The smallest absolute Gasteiger partial charge is 0.0367 e. The molecule has 0 saturated carbocycles. The van der Waals surface area contributed by atoms with Gasteiger partial charge >= 0.3 is 0 Å². The highest BCUT2D eigenvalue weighted by Crippen LogP contribution is 2.34. The summed E-state index contributed by atoms with van der Waals surface area (Å²) in [7, 11) is 2.29. The third kappa shape index (κ3) is 4.72. The van der Waals surface area contributed by atoms with Crippen LogP contribution in [-0.4, -0.2) is 56.1 Å². The second-order valence-electron chi connectivity index (χ2n) is 8.25. The molecule has 0 amide bonds. The zero-order chi connectivity index (χ0) is 18.5. The number of hydrogen-bond donors (Lipinski definition) is 0. The Kier molecular flexibility index (Phi) is 6.10. The molecule has 0 N–H and O–H groups in total. The Hall–Kier alpha value is -1.84. The summed E-state index contributed by atoms with van der Waals surface area (Å²) in [5.74, 6) is 0.860. The van der Waals surface area contributed by atoms with E-state index in [1.807, 2.05) is 0 Å². The van der Waals surface area contributed by atoms with Crippen LogP contribution >= 0.6 is 0 Å². The minimum atomic E-state index is 0.597. The van der Waals surface area contributed by atoms with Crippen LogP contribution in [0.4, 0.5) is 5.69 Å². The van der Waals surface area contributed by atoms with E-state index in [1.165, 1.54) is 56.7 Å². The van der Waals surface area contributed by atoms with Gasteiger partial charge < -0.3 is 4.90 Å². The van der Waals surface area contributed by atoms with Crippen LogP contribution in [0.1, 0.15) is 30.9 Å². The van der Waals surface area contributed by atoms with E-state index in [2.05, 4.69) is 82.4 Å². The number of benzene rings is 2. The molecule has 27 heavy (non-hydrogen) atoms. The van der Waals surface area contributed by atoms with Gasteiger partial charge in [0.2, 0.25) is 0 Å². The van der Waals surface area contributed by atoms with Crippen LogP contribution < -0.4 is 4.90 Å². The standard InChI is InChI=1S/C24H33N3/c1-25-14-12-21(20-24(25)22-8-4-2-5-9-22)13-15-26-16-18-27(19-17-26)23-10-6-3-7-11-23/h2-11,21,24H,12-20H2,1H3. The lowest BCUT2D eigenvalue weighted by Gasteiger charge is -2.39. The molecular weight excluding hydrogens is 330 g/mol. The molecule has 4 rings (SSSR count). The van der Waals surface area contributed by atoms with E-state index in [0.29, 0.717) is 6.04 Å². The molecule has 2 heterocycles. The van der Waals surface area contributed by atoms with Gasteiger partial charge in [-0.05, 0) is 63.0 Å². The molecule has 0 spiro atoms. The fourth-order valence-electron chi connectivity index (χ4n) is 4.72. The molecule has 2 unspecified atom stereocenters. The summed E-state index contributed by atoms with van der Waals surface area (Å²) >= 11 is 0. The van der Waals surface area contributed by atoms with Gasteiger partial charge in [0.05, 0.1) is 0 Å². The fourth-order valence-corrected chi connectivity index (χ4v) is 4.72. The third-order valence-corrected chi connectivity index (χ3v) is 6.51. The Balaban J connectivity index is 1.25. The van der Waals surface area contributed by atoms with Crippen molar-refractivity contribution in [1.82, 2.24) is 9.80 Å². The summed E-state index contributed by atoms with van der Waals surface area (Å²) < 4.78 is 0. The maximum absolute atomic E-state index is 2.68. The summed E-state index contributed by atoms with van der Waals surface area (Å²) in [5.41, 5.74) is 2.86. The van der Waals surface area contributed by atoms with Gasteiger partial charge in [0.25, 0.3) is 0 Å². The Morgan fingerprint density at radius 3 is 2.19 bits per heavy atom. The Morgan fingerprint density at radius 2 is 1.48 bits per heavy atom. The molecule has 144 valence electrons. The lowest BCUT2D eigenvalue weighted by Crippen LogP contribution is -2.47. The lowest BCUT2D eigenvalue weighted by atomic mass is 9.85. The van der Waals surface area contributed by atoms with Gasteiger partial charge in [0.1, 0.15) is 0 Å². The van der Waals surface area contributed by atoms with Crippen molar-refractivity contribution >= 4 is 5.69 Å². The second kappa shape index (κ2) is 8.90.